The monoisotopic (exact) mass is 390 g/mol. The first-order chi connectivity index (χ1) is 11.7. The van der Waals surface area contributed by atoms with Crippen LogP contribution in [0.2, 0.25) is 0 Å². The fourth-order valence-corrected chi connectivity index (χ4v) is 4.09. The molecule has 1 spiro atoms. The summed E-state index contributed by atoms with van der Waals surface area (Å²) in [5, 5.41) is 7.41. The summed E-state index contributed by atoms with van der Waals surface area (Å²) in [6.07, 6.45) is 6.14. The lowest BCUT2D eigenvalue weighted by molar-refractivity contribution is -0.0325. The molecule has 1 amide bonds. The maximum atomic E-state index is 12.7. The largest absolute Gasteiger partial charge is 0.373 e. The first-order valence-corrected chi connectivity index (χ1v) is 9.03. The van der Waals surface area contributed by atoms with Crippen molar-refractivity contribution in [3.05, 3.63) is 34.7 Å². The number of carbonyl (C=O) groups excluding carboxylic acids is 1. The van der Waals surface area contributed by atoms with Crippen molar-refractivity contribution < 1.29 is 9.53 Å². The number of ether oxygens (including phenoxy) is 1. The molecule has 1 unspecified atom stereocenters. The predicted octanol–water partition coefficient (Wildman–Crippen LogP) is 2.03. The second kappa shape index (κ2) is 6.38. The lowest BCUT2D eigenvalue weighted by atomic mass is 9.85. The van der Waals surface area contributed by atoms with E-state index in [0.29, 0.717) is 12.3 Å². The summed E-state index contributed by atoms with van der Waals surface area (Å²) in [5.74, 6) is -0.144. The number of nitrogens with one attached hydrogen (secondary N) is 2. The van der Waals surface area contributed by atoms with Gasteiger partial charge in [-0.3, -0.25) is 9.78 Å². The van der Waals surface area contributed by atoms with Crippen LogP contribution in [0.15, 0.2) is 29.0 Å². The van der Waals surface area contributed by atoms with Gasteiger partial charge in [0.2, 0.25) is 0 Å². The van der Waals surface area contributed by atoms with E-state index in [4.69, 9.17) is 4.74 Å². The molecule has 1 atom stereocenters. The molecule has 2 aromatic rings. The van der Waals surface area contributed by atoms with Crippen molar-refractivity contribution >= 4 is 32.7 Å². The molecule has 4 heterocycles. The zero-order valence-corrected chi connectivity index (χ0v) is 14.8. The molecule has 2 aliphatic rings. The summed E-state index contributed by atoms with van der Waals surface area (Å²) in [6.45, 7) is 2.56. The Morgan fingerprint density at radius 3 is 3.00 bits per heavy atom. The van der Waals surface area contributed by atoms with Crippen molar-refractivity contribution in [3.63, 3.8) is 0 Å². The number of piperidine rings is 1. The first-order valence-electron chi connectivity index (χ1n) is 8.24. The van der Waals surface area contributed by atoms with Crippen molar-refractivity contribution in [3.8, 4) is 0 Å². The van der Waals surface area contributed by atoms with Crippen LogP contribution >= 0.6 is 15.9 Å². The highest BCUT2D eigenvalue weighted by Crippen LogP contribution is 2.34. The van der Waals surface area contributed by atoms with Gasteiger partial charge in [0.05, 0.1) is 21.6 Å². The normalized spacial score (nSPS) is 22.8. The number of halogens is 1. The predicted molar refractivity (Wildman–Crippen MR) is 93.9 cm³/mol. The molecular weight excluding hydrogens is 372 g/mol. The molecule has 24 heavy (non-hydrogen) atoms. The van der Waals surface area contributed by atoms with Gasteiger partial charge in [-0.15, -0.1) is 0 Å². The molecule has 2 saturated heterocycles. The lowest BCUT2D eigenvalue weighted by Crippen LogP contribution is -2.54. The molecule has 0 radical (unpaired) electrons. The SMILES string of the molecule is O=C(NC1CCOC12CCNCC2)c1ccc2cncc(Br)c2n1. The van der Waals surface area contributed by atoms with Gasteiger partial charge in [-0.25, -0.2) is 4.98 Å². The third kappa shape index (κ3) is 2.81. The molecule has 4 rings (SSSR count). The van der Waals surface area contributed by atoms with Gasteiger partial charge in [0.15, 0.2) is 0 Å². The number of amides is 1. The van der Waals surface area contributed by atoms with E-state index in [1.807, 2.05) is 6.07 Å². The van der Waals surface area contributed by atoms with Crippen LogP contribution in [0.25, 0.3) is 10.9 Å². The minimum atomic E-state index is -0.220. The van der Waals surface area contributed by atoms with Crippen LogP contribution in [0.3, 0.4) is 0 Å². The number of hydrogen-bond donors (Lipinski definition) is 2. The Hall–Kier alpha value is -1.57. The number of carbonyl (C=O) groups is 1. The summed E-state index contributed by atoms with van der Waals surface area (Å²) in [4.78, 5) is 21.3. The molecule has 0 bridgehead atoms. The number of fused-ring (bicyclic) bond motifs is 1. The quantitative estimate of drug-likeness (QED) is 0.820. The zero-order valence-electron chi connectivity index (χ0n) is 13.2. The molecule has 2 fully saturated rings. The number of pyridine rings is 2. The summed E-state index contributed by atoms with van der Waals surface area (Å²) < 4.78 is 6.82. The van der Waals surface area contributed by atoms with Crippen LogP contribution in [0.5, 0.6) is 0 Å². The molecule has 0 aromatic carbocycles. The molecule has 2 N–H and O–H groups in total. The Morgan fingerprint density at radius 2 is 2.17 bits per heavy atom. The fourth-order valence-electron chi connectivity index (χ4n) is 3.66. The van der Waals surface area contributed by atoms with Crippen molar-refractivity contribution in [1.82, 2.24) is 20.6 Å². The lowest BCUT2D eigenvalue weighted by Gasteiger charge is -2.38. The highest BCUT2D eigenvalue weighted by molar-refractivity contribution is 9.10. The first kappa shape index (κ1) is 15.9. The topological polar surface area (TPSA) is 76.1 Å². The van der Waals surface area contributed by atoms with Crippen LogP contribution in [0.1, 0.15) is 29.8 Å². The van der Waals surface area contributed by atoms with Gasteiger partial charge >= 0.3 is 0 Å². The van der Waals surface area contributed by atoms with E-state index >= 15 is 0 Å². The van der Waals surface area contributed by atoms with Gasteiger partial charge in [-0.1, -0.05) is 0 Å². The van der Waals surface area contributed by atoms with E-state index in [9.17, 15) is 4.79 Å². The average molecular weight is 391 g/mol. The Morgan fingerprint density at radius 1 is 1.33 bits per heavy atom. The highest BCUT2D eigenvalue weighted by atomic mass is 79.9. The minimum Gasteiger partial charge on any atom is -0.373 e. The maximum absolute atomic E-state index is 12.7. The number of hydrogen-bond acceptors (Lipinski definition) is 5. The van der Waals surface area contributed by atoms with E-state index in [2.05, 4.69) is 36.5 Å². The van der Waals surface area contributed by atoms with Crippen molar-refractivity contribution in [2.24, 2.45) is 0 Å². The van der Waals surface area contributed by atoms with Crippen LogP contribution < -0.4 is 10.6 Å². The number of nitrogens with zero attached hydrogens (tertiary/aromatic N) is 2. The molecular formula is C17H19BrN4O2. The molecule has 126 valence electrons. The molecule has 0 aliphatic carbocycles. The summed E-state index contributed by atoms with van der Waals surface area (Å²) >= 11 is 3.44. The number of rotatable bonds is 2. The molecule has 2 aliphatic heterocycles. The van der Waals surface area contributed by atoms with Gasteiger partial charge < -0.3 is 15.4 Å². The Kier molecular flexibility index (Phi) is 4.24. The average Bonchev–Trinajstić information content (AvgIpc) is 2.97. The summed E-state index contributed by atoms with van der Waals surface area (Å²) in [7, 11) is 0. The van der Waals surface area contributed by atoms with E-state index in [-0.39, 0.29) is 17.6 Å². The Labute approximate surface area is 148 Å². The van der Waals surface area contributed by atoms with Gasteiger partial charge in [-0.2, -0.15) is 0 Å². The summed E-state index contributed by atoms with van der Waals surface area (Å²) in [5.41, 5.74) is 0.949. The van der Waals surface area contributed by atoms with Crippen molar-refractivity contribution in [2.75, 3.05) is 19.7 Å². The Balaban J connectivity index is 1.56. The third-order valence-electron chi connectivity index (χ3n) is 4.97. The fraction of sp³-hybridized carbons (Fsp3) is 0.471. The second-order valence-electron chi connectivity index (χ2n) is 6.37. The number of aromatic nitrogens is 2. The third-order valence-corrected chi connectivity index (χ3v) is 5.55. The minimum absolute atomic E-state index is 0.0467. The highest BCUT2D eigenvalue weighted by Gasteiger charge is 2.45. The van der Waals surface area contributed by atoms with Gasteiger partial charge in [-0.05, 0) is 60.4 Å². The van der Waals surface area contributed by atoms with Crippen LogP contribution in [-0.2, 0) is 4.74 Å². The standard InChI is InChI=1S/C17H19BrN4O2/c18-12-10-20-9-11-1-2-13(21-15(11)12)16(23)22-14-3-8-24-17(14)4-6-19-7-5-17/h1-2,9-10,14,19H,3-8H2,(H,22,23). The van der Waals surface area contributed by atoms with E-state index in [1.54, 1.807) is 18.5 Å². The second-order valence-corrected chi connectivity index (χ2v) is 7.22. The van der Waals surface area contributed by atoms with E-state index in [1.165, 1.54) is 0 Å². The molecule has 6 nitrogen and oxygen atoms in total. The summed E-state index contributed by atoms with van der Waals surface area (Å²) in [6, 6.07) is 3.67. The smallest absolute Gasteiger partial charge is 0.270 e. The molecule has 2 aromatic heterocycles. The van der Waals surface area contributed by atoms with Gasteiger partial charge in [0.1, 0.15) is 5.69 Å². The van der Waals surface area contributed by atoms with Crippen molar-refractivity contribution in [2.45, 2.75) is 30.9 Å². The van der Waals surface area contributed by atoms with E-state index < -0.39 is 0 Å². The maximum Gasteiger partial charge on any atom is 0.270 e. The van der Waals surface area contributed by atoms with Gasteiger partial charge in [0, 0.05) is 24.4 Å². The van der Waals surface area contributed by atoms with Gasteiger partial charge in [0.25, 0.3) is 5.91 Å². The van der Waals surface area contributed by atoms with E-state index in [0.717, 1.165) is 47.7 Å². The van der Waals surface area contributed by atoms with Crippen LogP contribution in [0.4, 0.5) is 0 Å². The molecule has 0 saturated carbocycles. The Bertz CT molecular complexity index is 776. The van der Waals surface area contributed by atoms with Crippen molar-refractivity contribution in [1.29, 1.82) is 0 Å². The molecule has 7 heteroatoms. The van der Waals surface area contributed by atoms with Crippen LogP contribution in [0, 0.1) is 0 Å². The zero-order chi connectivity index (χ0) is 16.6. The van der Waals surface area contributed by atoms with Crippen LogP contribution in [-0.4, -0.2) is 47.2 Å².